The lowest BCUT2D eigenvalue weighted by molar-refractivity contribution is -0.393. The average Bonchev–Trinajstić information content (AvgIpc) is 2.62. The van der Waals surface area contributed by atoms with Crippen LogP contribution in [0.2, 0.25) is 0 Å². The van der Waals surface area contributed by atoms with Gasteiger partial charge >= 0.3 is 5.69 Å². The van der Waals surface area contributed by atoms with Gasteiger partial charge in [-0.1, -0.05) is 54.5 Å². The molecule has 0 spiro atoms. The molecule has 1 aromatic carbocycles. The number of nitro benzene ring substituents is 2. The van der Waals surface area contributed by atoms with E-state index in [1.165, 1.54) is 50.7 Å². The zero-order valence-electron chi connectivity index (χ0n) is 14.7. The van der Waals surface area contributed by atoms with Crippen molar-refractivity contribution in [3.63, 3.8) is 0 Å². The lowest BCUT2D eigenvalue weighted by Gasteiger charge is -2.02. The summed E-state index contributed by atoms with van der Waals surface area (Å²) >= 11 is 3.43. The highest BCUT2D eigenvalue weighted by atomic mass is 79.9. The van der Waals surface area contributed by atoms with Gasteiger partial charge in [0.2, 0.25) is 0 Å². The van der Waals surface area contributed by atoms with Crippen LogP contribution >= 0.6 is 15.9 Å². The molecule has 0 radical (unpaired) electrons. The van der Waals surface area contributed by atoms with Gasteiger partial charge in [0.05, 0.1) is 15.9 Å². The number of nitrogens with one attached hydrogen (secondary N) is 1. The Balaban J connectivity index is 2.26. The number of nitrogens with zero attached hydrogens (tertiary/aromatic N) is 3. The summed E-state index contributed by atoms with van der Waals surface area (Å²) in [5.74, 6) is 0. The first kappa shape index (κ1) is 22.0. The van der Waals surface area contributed by atoms with E-state index in [1.807, 2.05) is 0 Å². The molecule has 1 N–H and O–H groups in total. The van der Waals surface area contributed by atoms with E-state index in [-0.39, 0.29) is 17.1 Å². The van der Waals surface area contributed by atoms with E-state index in [1.54, 1.807) is 6.21 Å². The maximum atomic E-state index is 11.0. The Labute approximate surface area is 161 Å². The molecule has 0 aromatic heterocycles. The van der Waals surface area contributed by atoms with Gasteiger partial charge in [-0.05, 0) is 25.3 Å². The minimum atomic E-state index is -0.665. The number of alkyl halides is 1. The normalized spacial score (nSPS) is 11.0. The van der Waals surface area contributed by atoms with E-state index in [4.69, 9.17) is 0 Å². The molecule has 1 rings (SSSR count). The molecule has 8 nitrogen and oxygen atoms in total. The average molecular weight is 429 g/mol. The van der Waals surface area contributed by atoms with Crippen LogP contribution in [0.5, 0.6) is 0 Å². The summed E-state index contributed by atoms with van der Waals surface area (Å²) in [4.78, 5) is 20.4. The Morgan fingerprint density at radius 1 is 0.962 bits per heavy atom. The van der Waals surface area contributed by atoms with E-state index < -0.39 is 9.85 Å². The van der Waals surface area contributed by atoms with E-state index >= 15 is 0 Å². The Hall–Kier alpha value is -2.03. The van der Waals surface area contributed by atoms with Gasteiger partial charge in [-0.25, -0.2) is 0 Å². The van der Waals surface area contributed by atoms with Gasteiger partial charge in [0.25, 0.3) is 5.69 Å². The quantitative estimate of drug-likeness (QED) is 0.132. The molecular weight excluding hydrogens is 404 g/mol. The molecule has 9 heteroatoms. The standard InChI is InChI=1S/C17H25BrN4O4/c18-12-8-6-4-2-1-3-5-7-9-13-19-20-16-11-10-15(21(23)24)14-17(16)22(25)26/h10-11,13-14,20H,1-9,12H2/b19-13-. The third kappa shape index (κ3) is 8.89. The van der Waals surface area contributed by atoms with Crippen LogP contribution in [-0.2, 0) is 0 Å². The zero-order valence-corrected chi connectivity index (χ0v) is 16.3. The molecule has 0 bridgehead atoms. The predicted molar refractivity (Wildman–Crippen MR) is 107 cm³/mol. The van der Waals surface area contributed by atoms with Crippen molar-refractivity contribution in [2.45, 2.75) is 57.8 Å². The molecule has 0 unspecified atom stereocenters. The number of halogens is 1. The van der Waals surface area contributed by atoms with Gasteiger partial charge in [0.1, 0.15) is 5.69 Å². The number of benzene rings is 1. The van der Waals surface area contributed by atoms with Crippen molar-refractivity contribution in [3.8, 4) is 0 Å². The SMILES string of the molecule is O=[N+]([O-])c1ccc(N/N=C\CCCCCCCCCCBr)c([N+](=O)[O-])c1. The van der Waals surface area contributed by atoms with Gasteiger partial charge < -0.3 is 0 Å². The molecule has 0 aliphatic heterocycles. The van der Waals surface area contributed by atoms with Crippen LogP contribution in [0, 0.1) is 20.2 Å². The summed E-state index contributed by atoms with van der Waals surface area (Å²) in [5.41, 5.74) is 2.05. The molecule has 0 atom stereocenters. The lowest BCUT2D eigenvalue weighted by Crippen LogP contribution is -1.98. The van der Waals surface area contributed by atoms with Crippen LogP contribution in [0.1, 0.15) is 57.8 Å². The van der Waals surface area contributed by atoms with Crippen molar-refractivity contribution in [3.05, 3.63) is 38.4 Å². The first-order valence-corrected chi connectivity index (χ1v) is 9.94. The maximum Gasteiger partial charge on any atom is 0.301 e. The van der Waals surface area contributed by atoms with Gasteiger partial charge in [-0.3, -0.25) is 25.7 Å². The molecule has 0 amide bonds. The number of unbranched alkanes of at least 4 members (excludes halogenated alkanes) is 8. The topological polar surface area (TPSA) is 111 Å². The van der Waals surface area contributed by atoms with Crippen LogP contribution in [-0.4, -0.2) is 21.4 Å². The summed E-state index contributed by atoms with van der Waals surface area (Å²) in [7, 11) is 0. The fraction of sp³-hybridized carbons (Fsp3) is 0.588. The smallest absolute Gasteiger partial charge is 0.272 e. The van der Waals surface area contributed by atoms with Crippen LogP contribution in [0.4, 0.5) is 17.1 Å². The van der Waals surface area contributed by atoms with Crippen molar-refractivity contribution < 1.29 is 9.85 Å². The minimum absolute atomic E-state index is 0.139. The summed E-state index contributed by atoms with van der Waals surface area (Å²) in [6, 6.07) is 3.43. The van der Waals surface area contributed by atoms with Crippen molar-refractivity contribution in [1.82, 2.24) is 0 Å². The van der Waals surface area contributed by atoms with E-state index in [0.29, 0.717) is 0 Å². The molecule has 0 heterocycles. The summed E-state index contributed by atoms with van der Waals surface area (Å²) < 4.78 is 0. The van der Waals surface area contributed by atoms with Crippen LogP contribution in [0.3, 0.4) is 0 Å². The van der Waals surface area contributed by atoms with Crippen molar-refractivity contribution in [2.75, 3.05) is 10.8 Å². The van der Waals surface area contributed by atoms with Crippen molar-refractivity contribution >= 4 is 39.2 Å². The van der Waals surface area contributed by atoms with E-state index in [9.17, 15) is 20.2 Å². The maximum absolute atomic E-state index is 11.0. The fourth-order valence-corrected chi connectivity index (χ4v) is 2.85. The highest BCUT2D eigenvalue weighted by Gasteiger charge is 2.18. The molecule has 0 saturated carbocycles. The largest absolute Gasteiger partial charge is 0.301 e. The summed E-state index contributed by atoms with van der Waals surface area (Å²) in [6.07, 6.45) is 12.2. The Morgan fingerprint density at radius 2 is 1.58 bits per heavy atom. The summed E-state index contributed by atoms with van der Waals surface area (Å²) in [6.45, 7) is 0. The molecule has 0 saturated heterocycles. The van der Waals surface area contributed by atoms with Gasteiger partial charge in [0.15, 0.2) is 0 Å². The first-order chi connectivity index (χ1) is 12.6. The highest BCUT2D eigenvalue weighted by molar-refractivity contribution is 9.09. The number of rotatable bonds is 14. The number of anilines is 1. The fourth-order valence-electron chi connectivity index (χ4n) is 2.45. The van der Waals surface area contributed by atoms with E-state index in [2.05, 4.69) is 26.5 Å². The monoisotopic (exact) mass is 428 g/mol. The molecule has 0 aliphatic carbocycles. The number of hydrogen-bond acceptors (Lipinski definition) is 6. The predicted octanol–water partition coefficient (Wildman–Crippen LogP) is 5.81. The van der Waals surface area contributed by atoms with Crippen molar-refractivity contribution in [2.24, 2.45) is 5.10 Å². The number of nitro groups is 2. The second kappa shape index (κ2) is 13.2. The molecule has 0 aliphatic rings. The zero-order chi connectivity index (χ0) is 19.2. The van der Waals surface area contributed by atoms with Crippen LogP contribution in [0.15, 0.2) is 23.3 Å². The second-order valence-electron chi connectivity index (χ2n) is 5.95. The lowest BCUT2D eigenvalue weighted by atomic mass is 10.1. The molecule has 1 aromatic rings. The van der Waals surface area contributed by atoms with Crippen molar-refractivity contribution in [1.29, 1.82) is 0 Å². The van der Waals surface area contributed by atoms with E-state index in [0.717, 1.165) is 30.7 Å². The third-order valence-electron chi connectivity index (χ3n) is 3.88. The Morgan fingerprint density at radius 3 is 2.15 bits per heavy atom. The van der Waals surface area contributed by atoms with Gasteiger partial charge in [-0.2, -0.15) is 5.10 Å². The van der Waals surface area contributed by atoms with Crippen LogP contribution in [0.25, 0.3) is 0 Å². The second-order valence-corrected chi connectivity index (χ2v) is 6.74. The molecule has 26 heavy (non-hydrogen) atoms. The number of hydrogen-bond donors (Lipinski definition) is 1. The third-order valence-corrected chi connectivity index (χ3v) is 4.44. The number of hydrazone groups is 1. The molecular formula is C17H25BrN4O4. The Bertz CT molecular complexity index is 610. The minimum Gasteiger partial charge on any atom is -0.272 e. The molecule has 0 fully saturated rings. The van der Waals surface area contributed by atoms with Crippen LogP contribution < -0.4 is 5.43 Å². The summed E-state index contributed by atoms with van der Waals surface area (Å²) in [5, 5.41) is 26.8. The highest BCUT2D eigenvalue weighted by Crippen LogP contribution is 2.28. The molecule has 144 valence electrons. The Kier molecular flexibility index (Phi) is 11.2. The van der Waals surface area contributed by atoms with Gasteiger partial charge in [0, 0.05) is 17.6 Å². The number of non-ortho nitro benzene ring substituents is 1. The first-order valence-electron chi connectivity index (χ1n) is 8.82. The van der Waals surface area contributed by atoms with Gasteiger partial charge in [-0.15, -0.1) is 0 Å².